The average molecular weight is 314 g/mol. The largest absolute Gasteiger partial charge is 0.240 e. The maximum absolute atomic E-state index is 12.3. The number of aryl methyl sites for hydroxylation is 1. The van der Waals surface area contributed by atoms with Crippen molar-refractivity contribution in [3.05, 3.63) is 65.7 Å². The summed E-state index contributed by atoms with van der Waals surface area (Å²) < 4.78 is 27.3. The topological polar surface area (TPSA) is 70.0 Å². The van der Waals surface area contributed by atoms with Gasteiger partial charge in [-0.15, -0.1) is 0 Å². The molecule has 1 atom stereocenters. The van der Waals surface area contributed by atoms with Crippen molar-refractivity contribution < 1.29 is 8.42 Å². The van der Waals surface area contributed by atoms with Crippen molar-refractivity contribution in [2.24, 2.45) is 0 Å². The molecule has 0 unspecified atom stereocenters. The van der Waals surface area contributed by atoms with Gasteiger partial charge in [0, 0.05) is 6.04 Å². The predicted molar refractivity (Wildman–Crippen MR) is 85.7 cm³/mol. The molecule has 114 valence electrons. The van der Waals surface area contributed by atoms with Crippen LogP contribution in [-0.4, -0.2) is 14.5 Å². The Kier molecular flexibility index (Phi) is 5.31. The quantitative estimate of drug-likeness (QED) is 0.891. The maximum Gasteiger partial charge on any atom is 0.240 e. The van der Waals surface area contributed by atoms with Gasteiger partial charge in [0.15, 0.2) is 0 Å². The van der Waals surface area contributed by atoms with E-state index in [0.29, 0.717) is 12.0 Å². The van der Waals surface area contributed by atoms with Crippen LogP contribution in [0.3, 0.4) is 0 Å². The molecule has 0 saturated heterocycles. The normalized spacial score (nSPS) is 12.5. The van der Waals surface area contributed by atoms with E-state index in [0.717, 1.165) is 6.42 Å². The van der Waals surface area contributed by atoms with Crippen molar-refractivity contribution in [1.82, 2.24) is 4.72 Å². The molecule has 2 rings (SSSR count). The van der Waals surface area contributed by atoms with E-state index < -0.39 is 10.0 Å². The van der Waals surface area contributed by atoms with E-state index in [1.807, 2.05) is 43.3 Å². The van der Waals surface area contributed by atoms with Crippen LogP contribution in [-0.2, 0) is 16.4 Å². The summed E-state index contributed by atoms with van der Waals surface area (Å²) >= 11 is 0. The van der Waals surface area contributed by atoms with Crippen molar-refractivity contribution in [1.29, 1.82) is 5.26 Å². The minimum Gasteiger partial charge on any atom is -0.208 e. The zero-order chi connectivity index (χ0) is 16.0. The van der Waals surface area contributed by atoms with Crippen molar-refractivity contribution in [3.8, 4) is 6.07 Å². The smallest absolute Gasteiger partial charge is 0.208 e. The van der Waals surface area contributed by atoms with E-state index in [4.69, 9.17) is 5.26 Å². The van der Waals surface area contributed by atoms with Gasteiger partial charge in [0.2, 0.25) is 10.0 Å². The van der Waals surface area contributed by atoms with Crippen molar-refractivity contribution in [2.45, 2.75) is 30.7 Å². The second-order valence-corrected chi connectivity index (χ2v) is 6.90. The predicted octanol–water partition coefficient (Wildman–Crippen LogP) is 2.86. The summed E-state index contributed by atoms with van der Waals surface area (Å²) in [5.74, 6) is 0. The van der Waals surface area contributed by atoms with Gasteiger partial charge in [-0.2, -0.15) is 5.26 Å². The lowest BCUT2D eigenvalue weighted by Crippen LogP contribution is -2.33. The standard InChI is InChI=1S/C17H18N2O2S/c1-14(10-11-15-6-3-2-4-7-15)19-22(20,21)17-9-5-8-16(12-17)13-18/h2-9,12,14,19H,10-11H2,1H3/t14-/m0/s1. The van der Waals surface area contributed by atoms with E-state index in [2.05, 4.69) is 4.72 Å². The summed E-state index contributed by atoms with van der Waals surface area (Å²) in [6.07, 6.45) is 1.52. The molecule has 0 amide bonds. The van der Waals surface area contributed by atoms with E-state index in [1.54, 1.807) is 12.1 Å². The van der Waals surface area contributed by atoms with Gasteiger partial charge in [0.05, 0.1) is 16.5 Å². The lowest BCUT2D eigenvalue weighted by molar-refractivity contribution is 0.547. The third-order valence-electron chi connectivity index (χ3n) is 3.34. The molecule has 0 aliphatic rings. The molecular weight excluding hydrogens is 296 g/mol. The van der Waals surface area contributed by atoms with Gasteiger partial charge >= 0.3 is 0 Å². The van der Waals surface area contributed by atoms with Crippen LogP contribution in [0.2, 0.25) is 0 Å². The highest BCUT2D eigenvalue weighted by Gasteiger charge is 2.17. The molecule has 0 aliphatic heterocycles. The third-order valence-corrected chi connectivity index (χ3v) is 4.93. The highest BCUT2D eigenvalue weighted by atomic mass is 32.2. The van der Waals surface area contributed by atoms with E-state index in [1.165, 1.54) is 17.7 Å². The Bertz CT molecular complexity index is 765. The summed E-state index contributed by atoms with van der Waals surface area (Å²) in [7, 11) is -3.60. The molecule has 2 aromatic rings. The lowest BCUT2D eigenvalue weighted by atomic mass is 10.1. The number of nitrogens with one attached hydrogen (secondary N) is 1. The zero-order valence-corrected chi connectivity index (χ0v) is 13.2. The van der Waals surface area contributed by atoms with E-state index >= 15 is 0 Å². The number of rotatable bonds is 6. The number of sulfonamides is 1. The Morgan fingerprint density at radius 2 is 1.86 bits per heavy atom. The molecule has 0 fully saturated rings. The fourth-order valence-electron chi connectivity index (χ4n) is 2.15. The Hall–Kier alpha value is -2.16. The van der Waals surface area contributed by atoms with E-state index in [9.17, 15) is 8.42 Å². The minimum absolute atomic E-state index is 0.123. The van der Waals surface area contributed by atoms with Crippen LogP contribution >= 0.6 is 0 Å². The van der Waals surface area contributed by atoms with Gasteiger partial charge in [0.25, 0.3) is 0 Å². The lowest BCUT2D eigenvalue weighted by Gasteiger charge is -2.14. The number of hydrogen-bond acceptors (Lipinski definition) is 3. The van der Waals surface area contributed by atoms with Crippen LogP contribution in [0.5, 0.6) is 0 Å². The number of nitriles is 1. The first-order chi connectivity index (χ1) is 10.5. The first-order valence-corrected chi connectivity index (χ1v) is 8.56. The fourth-order valence-corrected chi connectivity index (χ4v) is 3.48. The summed E-state index contributed by atoms with van der Waals surface area (Å²) in [5, 5.41) is 8.85. The van der Waals surface area contributed by atoms with Gasteiger partial charge in [-0.1, -0.05) is 36.4 Å². The van der Waals surface area contributed by atoms with Crippen LogP contribution in [0.4, 0.5) is 0 Å². The first kappa shape index (κ1) is 16.2. The summed E-state index contributed by atoms with van der Waals surface area (Å²) in [6, 6.07) is 17.7. The molecule has 2 aromatic carbocycles. The fraction of sp³-hybridized carbons (Fsp3) is 0.235. The van der Waals surface area contributed by atoms with Gasteiger partial charge in [0.1, 0.15) is 0 Å². The van der Waals surface area contributed by atoms with Crippen LogP contribution < -0.4 is 4.72 Å². The Morgan fingerprint density at radius 1 is 1.14 bits per heavy atom. The van der Waals surface area contributed by atoms with Gasteiger partial charge in [-0.05, 0) is 43.5 Å². The van der Waals surface area contributed by atoms with Crippen LogP contribution in [0, 0.1) is 11.3 Å². The molecule has 0 spiro atoms. The van der Waals surface area contributed by atoms with Crippen molar-refractivity contribution >= 4 is 10.0 Å². The molecule has 0 bridgehead atoms. The maximum atomic E-state index is 12.3. The number of benzene rings is 2. The third kappa shape index (κ3) is 4.42. The summed E-state index contributed by atoms with van der Waals surface area (Å²) in [5.41, 5.74) is 1.51. The highest BCUT2D eigenvalue weighted by molar-refractivity contribution is 7.89. The van der Waals surface area contributed by atoms with Crippen LogP contribution in [0.15, 0.2) is 59.5 Å². The van der Waals surface area contributed by atoms with E-state index in [-0.39, 0.29) is 10.9 Å². The average Bonchev–Trinajstić information content (AvgIpc) is 2.53. The summed E-state index contributed by atoms with van der Waals surface area (Å²) in [6.45, 7) is 1.84. The molecule has 0 radical (unpaired) electrons. The van der Waals surface area contributed by atoms with Crippen molar-refractivity contribution in [2.75, 3.05) is 0 Å². The van der Waals surface area contributed by atoms with Gasteiger partial charge in [-0.25, -0.2) is 13.1 Å². The molecule has 5 heteroatoms. The molecule has 4 nitrogen and oxygen atoms in total. The second-order valence-electron chi connectivity index (χ2n) is 5.19. The first-order valence-electron chi connectivity index (χ1n) is 7.08. The Morgan fingerprint density at radius 3 is 2.55 bits per heavy atom. The number of hydrogen-bond donors (Lipinski definition) is 1. The van der Waals surface area contributed by atoms with Crippen LogP contribution in [0.1, 0.15) is 24.5 Å². The van der Waals surface area contributed by atoms with Crippen LogP contribution in [0.25, 0.3) is 0 Å². The molecular formula is C17H18N2O2S. The minimum atomic E-state index is -3.60. The monoisotopic (exact) mass is 314 g/mol. The molecule has 0 heterocycles. The van der Waals surface area contributed by atoms with Gasteiger partial charge in [-0.3, -0.25) is 0 Å². The molecule has 0 saturated carbocycles. The van der Waals surface area contributed by atoms with Gasteiger partial charge < -0.3 is 0 Å². The van der Waals surface area contributed by atoms with Crippen molar-refractivity contribution in [3.63, 3.8) is 0 Å². The second kappa shape index (κ2) is 7.21. The Balaban J connectivity index is 2.00. The zero-order valence-electron chi connectivity index (χ0n) is 12.4. The Labute approximate surface area is 131 Å². The highest BCUT2D eigenvalue weighted by Crippen LogP contribution is 2.13. The summed E-state index contributed by atoms with van der Waals surface area (Å²) in [4.78, 5) is 0.123. The molecule has 0 aliphatic carbocycles. The molecule has 0 aromatic heterocycles. The molecule has 1 N–H and O–H groups in total. The SMILES string of the molecule is C[C@@H](CCc1ccccc1)NS(=O)(=O)c1cccc(C#N)c1. The molecule has 22 heavy (non-hydrogen) atoms. The number of nitrogens with zero attached hydrogens (tertiary/aromatic N) is 1.